The topological polar surface area (TPSA) is 39.9 Å². The highest BCUT2D eigenvalue weighted by atomic mass is 15.1. The quantitative estimate of drug-likeness (QED) is 0.753. The summed E-state index contributed by atoms with van der Waals surface area (Å²) in [6.07, 6.45) is 2.77. The van der Waals surface area contributed by atoms with Crippen LogP contribution in [0.15, 0.2) is 18.3 Å². The molecule has 0 amide bonds. The van der Waals surface area contributed by atoms with Gasteiger partial charge in [0.15, 0.2) is 0 Å². The molecule has 0 saturated heterocycles. The second-order valence-electron chi connectivity index (χ2n) is 3.80. The number of rotatable bonds is 4. The van der Waals surface area contributed by atoms with Gasteiger partial charge in [-0.15, -0.1) is 0 Å². The SMILES string of the molecule is CCC(C)N(C)Cc1cccnc1C#N. The van der Waals surface area contributed by atoms with Gasteiger partial charge in [-0.1, -0.05) is 13.0 Å². The van der Waals surface area contributed by atoms with Crippen LogP contribution in [-0.2, 0) is 6.54 Å². The van der Waals surface area contributed by atoms with E-state index in [0.717, 1.165) is 18.5 Å². The number of hydrogen-bond acceptors (Lipinski definition) is 3. The normalized spacial score (nSPS) is 12.5. The molecule has 0 radical (unpaired) electrons. The number of pyridine rings is 1. The summed E-state index contributed by atoms with van der Waals surface area (Å²) in [5, 5.41) is 8.90. The van der Waals surface area contributed by atoms with Crippen LogP contribution >= 0.6 is 0 Å². The molecular weight excluding hydrogens is 186 g/mol. The first-order valence-electron chi connectivity index (χ1n) is 5.23. The summed E-state index contributed by atoms with van der Waals surface area (Å²) in [6, 6.07) is 6.48. The molecule has 1 unspecified atom stereocenters. The lowest BCUT2D eigenvalue weighted by atomic mass is 10.1. The second-order valence-corrected chi connectivity index (χ2v) is 3.80. The van der Waals surface area contributed by atoms with Crippen LogP contribution in [0.2, 0.25) is 0 Å². The molecule has 1 aromatic rings. The first kappa shape index (κ1) is 11.7. The number of aromatic nitrogens is 1. The van der Waals surface area contributed by atoms with Gasteiger partial charge in [-0.3, -0.25) is 4.90 Å². The number of hydrogen-bond donors (Lipinski definition) is 0. The van der Waals surface area contributed by atoms with Crippen molar-refractivity contribution in [3.63, 3.8) is 0 Å². The number of nitriles is 1. The molecule has 0 aliphatic heterocycles. The van der Waals surface area contributed by atoms with Crippen LogP contribution in [0.1, 0.15) is 31.5 Å². The highest BCUT2D eigenvalue weighted by molar-refractivity contribution is 5.30. The van der Waals surface area contributed by atoms with Crippen LogP contribution in [0.5, 0.6) is 0 Å². The molecule has 1 rings (SSSR count). The maximum absolute atomic E-state index is 8.90. The van der Waals surface area contributed by atoms with Crippen molar-refractivity contribution in [3.8, 4) is 6.07 Å². The van der Waals surface area contributed by atoms with Crippen LogP contribution < -0.4 is 0 Å². The van der Waals surface area contributed by atoms with Gasteiger partial charge < -0.3 is 0 Å². The maximum Gasteiger partial charge on any atom is 0.144 e. The van der Waals surface area contributed by atoms with E-state index < -0.39 is 0 Å². The molecule has 0 fully saturated rings. The van der Waals surface area contributed by atoms with E-state index >= 15 is 0 Å². The summed E-state index contributed by atoms with van der Waals surface area (Å²) >= 11 is 0. The summed E-state index contributed by atoms with van der Waals surface area (Å²) in [7, 11) is 2.07. The smallest absolute Gasteiger partial charge is 0.144 e. The fraction of sp³-hybridized carbons (Fsp3) is 0.500. The lowest BCUT2D eigenvalue weighted by Crippen LogP contribution is -2.28. The Morgan fingerprint density at radius 2 is 2.33 bits per heavy atom. The molecule has 3 heteroatoms. The summed E-state index contributed by atoms with van der Waals surface area (Å²) in [6.45, 7) is 5.13. The summed E-state index contributed by atoms with van der Waals surface area (Å²) < 4.78 is 0. The molecule has 0 saturated carbocycles. The minimum Gasteiger partial charge on any atom is -0.299 e. The summed E-state index contributed by atoms with van der Waals surface area (Å²) in [4.78, 5) is 6.28. The van der Waals surface area contributed by atoms with Crippen molar-refractivity contribution in [2.45, 2.75) is 32.9 Å². The Morgan fingerprint density at radius 3 is 2.93 bits per heavy atom. The van der Waals surface area contributed by atoms with Crippen LogP contribution in [0.25, 0.3) is 0 Å². The van der Waals surface area contributed by atoms with Crippen LogP contribution in [-0.4, -0.2) is 23.0 Å². The number of nitrogens with zero attached hydrogens (tertiary/aromatic N) is 3. The Hall–Kier alpha value is -1.40. The molecule has 0 aliphatic carbocycles. The van der Waals surface area contributed by atoms with E-state index in [1.54, 1.807) is 6.20 Å². The molecular formula is C12H17N3. The minimum absolute atomic E-state index is 0.525. The highest BCUT2D eigenvalue weighted by Crippen LogP contribution is 2.10. The predicted octanol–water partition coefficient (Wildman–Crippen LogP) is 2.18. The van der Waals surface area contributed by atoms with Gasteiger partial charge >= 0.3 is 0 Å². The molecule has 0 aliphatic rings. The molecule has 1 heterocycles. The molecule has 15 heavy (non-hydrogen) atoms. The van der Waals surface area contributed by atoms with Crippen molar-refractivity contribution in [2.75, 3.05) is 7.05 Å². The second kappa shape index (κ2) is 5.47. The van der Waals surface area contributed by atoms with Crippen LogP contribution in [0.4, 0.5) is 0 Å². The first-order valence-corrected chi connectivity index (χ1v) is 5.23. The van der Waals surface area contributed by atoms with Gasteiger partial charge in [0.1, 0.15) is 11.8 Å². The highest BCUT2D eigenvalue weighted by Gasteiger charge is 2.10. The van der Waals surface area contributed by atoms with Crippen molar-refractivity contribution in [2.24, 2.45) is 0 Å². The maximum atomic E-state index is 8.90. The van der Waals surface area contributed by atoms with Gasteiger partial charge in [0, 0.05) is 24.3 Å². The first-order chi connectivity index (χ1) is 7.19. The Balaban J connectivity index is 2.77. The van der Waals surface area contributed by atoms with Gasteiger partial charge in [0.05, 0.1) is 0 Å². The molecule has 1 aromatic heterocycles. The average molecular weight is 203 g/mol. The van der Waals surface area contributed by atoms with E-state index in [-0.39, 0.29) is 0 Å². The van der Waals surface area contributed by atoms with E-state index in [0.29, 0.717) is 11.7 Å². The third-order valence-corrected chi connectivity index (χ3v) is 2.76. The molecule has 0 bridgehead atoms. The molecule has 0 N–H and O–H groups in total. The zero-order valence-electron chi connectivity index (χ0n) is 9.57. The molecule has 0 aromatic carbocycles. The van der Waals surface area contributed by atoms with Crippen molar-refractivity contribution < 1.29 is 0 Å². The van der Waals surface area contributed by atoms with E-state index in [4.69, 9.17) is 5.26 Å². The van der Waals surface area contributed by atoms with Gasteiger partial charge in [-0.2, -0.15) is 5.26 Å². The van der Waals surface area contributed by atoms with Gasteiger partial charge in [0.2, 0.25) is 0 Å². The van der Waals surface area contributed by atoms with E-state index in [2.05, 4.69) is 36.8 Å². The fourth-order valence-electron chi connectivity index (χ4n) is 1.40. The molecule has 1 atom stereocenters. The third kappa shape index (κ3) is 3.03. The van der Waals surface area contributed by atoms with Gasteiger partial charge in [-0.05, 0) is 26.5 Å². The zero-order chi connectivity index (χ0) is 11.3. The lowest BCUT2D eigenvalue weighted by molar-refractivity contribution is 0.243. The Labute approximate surface area is 91.4 Å². The van der Waals surface area contributed by atoms with Gasteiger partial charge in [0.25, 0.3) is 0 Å². The van der Waals surface area contributed by atoms with Crippen molar-refractivity contribution in [1.29, 1.82) is 5.26 Å². The van der Waals surface area contributed by atoms with Crippen molar-refractivity contribution >= 4 is 0 Å². The van der Waals surface area contributed by atoms with E-state index in [9.17, 15) is 0 Å². The van der Waals surface area contributed by atoms with E-state index in [1.807, 2.05) is 12.1 Å². The standard InChI is InChI=1S/C12H17N3/c1-4-10(2)15(3)9-11-6-5-7-14-12(11)8-13/h5-7,10H,4,9H2,1-3H3. The van der Waals surface area contributed by atoms with Crippen molar-refractivity contribution in [1.82, 2.24) is 9.88 Å². The van der Waals surface area contributed by atoms with Crippen molar-refractivity contribution in [3.05, 3.63) is 29.6 Å². The fourth-order valence-corrected chi connectivity index (χ4v) is 1.40. The largest absolute Gasteiger partial charge is 0.299 e. The van der Waals surface area contributed by atoms with Crippen LogP contribution in [0, 0.1) is 11.3 Å². The Kier molecular flexibility index (Phi) is 4.26. The van der Waals surface area contributed by atoms with Crippen LogP contribution in [0.3, 0.4) is 0 Å². The molecule has 0 spiro atoms. The zero-order valence-corrected chi connectivity index (χ0v) is 9.57. The van der Waals surface area contributed by atoms with Gasteiger partial charge in [-0.25, -0.2) is 4.98 Å². The Bertz CT molecular complexity index is 354. The molecule has 80 valence electrons. The lowest BCUT2D eigenvalue weighted by Gasteiger charge is -2.23. The average Bonchev–Trinajstić information content (AvgIpc) is 2.28. The van der Waals surface area contributed by atoms with E-state index in [1.165, 1.54) is 0 Å². The molecule has 3 nitrogen and oxygen atoms in total. The monoisotopic (exact) mass is 203 g/mol. The minimum atomic E-state index is 0.525. The summed E-state index contributed by atoms with van der Waals surface area (Å²) in [5.74, 6) is 0. The predicted molar refractivity (Wildman–Crippen MR) is 60.2 cm³/mol. The third-order valence-electron chi connectivity index (χ3n) is 2.76. The summed E-state index contributed by atoms with van der Waals surface area (Å²) in [5.41, 5.74) is 1.54. The Morgan fingerprint density at radius 1 is 1.60 bits per heavy atom.